The maximum Gasteiger partial charge on any atom is 0.0871 e. The van der Waals surface area contributed by atoms with Crippen LogP contribution in [0.25, 0.3) is 0 Å². The van der Waals surface area contributed by atoms with Gasteiger partial charge < -0.3 is 4.74 Å². The minimum atomic E-state index is 0.436. The molecule has 0 spiro atoms. The van der Waals surface area contributed by atoms with Crippen LogP contribution >= 0.6 is 0 Å². The average Bonchev–Trinajstić information content (AvgIpc) is 2.15. The molecule has 0 aromatic heterocycles. The first-order valence-electron chi connectivity index (χ1n) is 4.96. The number of ether oxygens (including phenoxy) is 1. The molecular formula is C10H18N2O. The van der Waals surface area contributed by atoms with Crippen LogP contribution in [-0.4, -0.2) is 36.7 Å². The molecule has 1 unspecified atom stereocenters. The number of nitriles is 1. The van der Waals surface area contributed by atoms with Gasteiger partial charge in [0.15, 0.2) is 0 Å². The molecule has 3 heteroatoms. The van der Waals surface area contributed by atoms with Crippen LogP contribution < -0.4 is 0 Å². The molecule has 1 rings (SSSR count). The predicted octanol–water partition coefficient (Wildman–Crippen LogP) is 1.40. The Morgan fingerprint density at radius 2 is 2.38 bits per heavy atom. The van der Waals surface area contributed by atoms with Crippen molar-refractivity contribution in [2.45, 2.75) is 38.8 Å². The number of nitrogens with zero attached hydrogens (tertiary/aromatic N) is 2. The Bertz CT molecular complexity index is 180. The second-order valence-corrected chi connectivity index (χ2v) is 3.80. The zero-order chi connectivity index (χ0) is 9.68. The van der Waals surface area contributed by atoms with E-state index in [1.165, 1.54) is 6.42 Å². The Morgan fingerprint density at radius 3 is 2.85 bits per heavy atom. The molecule has 1 aliphatic rings. The summed E-state index contributed by atoms with van der Waals surface area (Å²) in [5.74, 6) is 0. The molecule has 1 aliphatic heterocycles. The first-order valence-corrected chi connectivity index (χ1v) is 4.96. The van der Waals surface area contributed by atoms with Crippen LogP contribution in [0.3, 0.4) is 0 Å². The summed E-state index contributed by atoms with van der Waals surface area (Å²) in [5.41, 5.74) is 0. The highest BCUT2D eigenvalue weighted by molar-refractivity contribution is 4.84. The molecule has 1 fully saturated rings. The third-order valence-electron chi connectivity index (χ3n) is 2.52. The zero-order valence-electron chi connectivity index (χ0n) is 8.49. The van der Waals surface area contributed by atoms with Gasteiger partial charge in [0.1, 0.15) is 0 Å². The summed E-state index contributed by atoms with van der Waals surface area (Å²) in [5, 5.41) is 8.68. The van der Waals surface area contributed by atoms with Crippen molar-refractivity contribution in [3.63, 3.8) is 0 Å². The van der Waals surface area contributed by atoms with Gasteiger partial charge in [-0.05, 0) is 26.7 Å². The Kier molecular flexibility index (Phi) is 4.20. The van der Waals surface area contributed by atoms with Crippen molar-refractivity contribution in [1.82, 2.24) is 4.90 Å². The summed E-state index contributed by atoms with van der Waals surface area (Å²) in [4.78, 5) is 2.22. The predicted molar refractivity (Wildman–Crippen MR) is 51.3 cm³/mol. The normalized spacial score (nSPS) is 23.5. The Hall–Kier alpha value is -0.590. The SMILES string of the molecule is CC(C)N(CC#N)C1CCCOC1. The number of rotatable bonds is 3. The summed E-state index contributed by atoms with van der Waals surface area (Å²) in [6.45, 7) is 6.46. The Balaban J connectivity index is 2.47. The molecule has 1 heterocycles. The first kappa shape index (κ1) is 10.5. The quantitative estimate of drug-likeness (QED) is 0.619. The first-order chi connectivity index (χ1) is 6.25. The highest BCUT2D eigenvalue weighted by Crippen LogP contribution is 2.15. The lowest BCUT2D eigenvalue weighted by molar-refractivity contribution is 0.0116. The van der Waals surface area contributed by atoms with E-state index in [9.17, 15) is 0 Å². The molecule has 1 atom stereocenters. The van der Waals surface area contributed by atoms with Crippen LogP contribution in [0.2, 0.25) is 0 Å². The average molecular weight is 182 g/mol. The second kappa shape index (κ2) is 5.21. The van der Waals surface area contributed by atoms with Gasteiger partial charge in [-0.2, -0.15) is 5.26 Å². The van der Waals surface area contributed by atoms with E-state index in [0.717, 1.165) is 19.6 Å². The van der Waals surface area contributed by atoms with Gasteiger partial charge in [-0.3, -0.25) is 4.90 Å². The lowest BCUT2D eigenvalue weighted by Gasteiger charge is -2.35. The molecule has 3 nitrogen and oxygen atoms in total. The van der Waals surface area contributed by atoms with E-state index in [4.69, 9.17) is 10.00 Å². The standard InChI is InChI=1S/C10H18N2O/c1-9(2)12(6-5-11)10-4-3-7-13-8-10/h9-10H,3-4,6-8H2,1-2H3. The molecule has 0 bridgehead atoms. The summed E-state index contributed by atoms with van der Waals surface area (Å²) < 4.78 is 5.41. The largest absolute Gasteiger partial charge is 0.380 e. The lowest BCUT2D eigenvalue weighted by Crippen LogP contribution is -2.45. The van der Waals surface area contributed by atoms with Gasteiger partial charge in [0.05, 0.1) is 19.2 Å². The van der Waals surface area contributed by atoms with Gasteiger partial charge in [0.25, 0.3) is 0 Å². The van der Waals surface area contributed by atoms with Crippen molar-refractivity contribution < 1.29 is 4.74 Å². The van der Waals surface area contributed by atoms with Crippen LogP contribution in [0.1, 0.15) is 26.7 Å². The molecule has 0 aliphatic carbocycles. The monoisotopic (exact) mass is 182 g/mol. The van der Waals surface area contributed by atoms with Gasteiger partial charge in [0.2, 0.25) is 0 Å². The lowest BCUT2D eigenvalue weighted by atomic mass is 10.1. The molecule has 0 aromatic rings. The molecule has 0 N–H and O–H groups in total. The van der Waals surface area contributed by atoms with E-state index in [1.54, 1.807) is 0 Å². The Morgan fingerprint density at radius 1 is 1.62 bits per heavy atom. The van der Waals surface area contributed by atoms with Crippen molar-refractivity contribution >= 4 is 0 Å². The molecule has 13 heavy (non-hydrogen) atoms. The van der Waals surface area contributed by atoms with Crippen molar-refractivity contribution in [2.75, 3.05) is 19.8 Å². The highest BCUT2D eigenvalue weighted by atomic mass is 16.5. The molecule has 74 valence electrons. The van der Waals surface area contributed by atoms with E-state index in [-0.39, 0.29) is 0 Å². The smallest absolute Gasteiger partial charge is 0.0871 e. The van der Waals surface area contributed by atoms with Crippen molar-refractivity contribution in [2.24, 2.45) is 0 Å². The molecule has 1 saturated heterocycles. The van der Waals surface area contributed by atoms with Gasteiger partial charge in [-0.1, -0.05) is 0 Å². The van der Waals surface area contributed by atoms with Crippen LogP contribution in [0, 0.1) is 11.3 Å². The number of hydrogen-bond donors (Lipinski definition) is 0. The fourth-order valence-corrected chi connectivity index (χ4v) is 1.80. The summed E-state index contributed by atoms with van der Waals surface area (Å²) in [7, 11) is 0. The molecule has 0 radical (unpaired) electrons. The molecule has 0 saturated carbocycles. The minimum Gasteiger partial charge on any atom is -0.380 e. The maximum atomic E-state index is 8.68. The van der Waals surface area contributed by atoms with Crippen molar-refractivity contribution in [3.05, 3.63) is 0 Å². The van der Waals surface area contributed by atoms with E-state index in [2.05, 4.69) is 24.8 Å². The third kappa shape index (κ3) is 2.98. The summed E-state index contributed by atoms with van der Waals surface area (Å²) in [6.07, 6.45) is 2.29. The van der Waals surface area contributed by atoms with Gasteiger partial charge in [0, 0.05) is 18.7 Å². The molecule has 0 amide bonds. The van der Waals surface area contributed by atoms with E-state index >= 15 is 0 Å². The molecular weight excluding hydrogens is 164 g/mol. The Labute approximate surface area is 80.3 Å². The number of hydrogen-bond acceptors (Lipinski definition) is 3. The second-order valence-electron chi connectivity index (χ2n) is 3.80. The van der Waals surface area contributed by atoms with Gasteiger partial charge in [-0.25, -0.2) is 0 Å². The minimum absolute atomic E-state index is 0.436. The van der Waals surface area contributed by atoms with Gasteiger partial charge >= 0.3 is 0 Å². The zero-order valence-corrected chi connectivity index (χ0v) is 8.49. The fourth-order valence-electron chi connectivity index (χ4n) is 1.80. The third-order valence-corrected chi connectivity index (χ3v) is 2.52. The van der Waals surface area contributed by atoms with Crippen LogP contribution in [-0.2, 0) is 4.74 Å². The summed E-state index contributed by atoms with van der Waals surface area (Å²) in [6, 6.07) is 3.11. The summed E-state index contributed by atoms with van der Waals surface area (Å²) >= 11 is 0. The molecule has 0 aromatic carbocycles. The van der Waals surface area contributed by atoms with Crippen LogP contribution in [0.5, 0.6) is 0 Å². The fraction of sp³-hybridized carbons (Fsp3) is 0.900. The van der Waals surface area contributed by atoms with E-state index < -0.39 is 0 Å². The van der Waals surface area contributed by atoms with Crippen LogP contribution in [0.4, 0.5) is 0 Å². The van der Waals surface area contributed by atoms with Crippen molar-refractivity contribution in [1.29, 1.82) is 5.26 Å². The topological polar surface area (TPSA) is 36.3 Å². The van der Waals surface area contributed by atoms with E-state index in [1.807, 2.05) is 0 Å². The maximum absolute atomic E-state index is 8.68. The van der Waals surface area contributed by atoms with Crippen LogP contribution in [0.15, 0.2) is 0 Å². The van der Waals surface area contributed by atoms with Gasteiger partial charge in [-0.15, -0.1) is 0 Å². The van der Waals surface area contributed by atoms with E-state index in [0.29, 0.717) is 18.6 Å². The highest BCUT2D eigenvalue weighted by Gasteiger charge is 2.23. The van der Waals surface area contributed by atoms with Crippen molar-refractivity contribution in [3.8, 4) is 6.07 Å².